The van der Waals surface area contributed by atoms with Crippen molar-refractivity contribution in [1.82, 2.24) is 14.7 Å². The van der Waals surface area contributed by atoms with Crippen molar-refractivity contribution in [2.75, 3.05) is 0 Å². The highest BCUT2D eigenvalue weighted by Crippen LogP contribution is 2.33. The molecule has 96 valence electrons. The molecule has 0 amide bonds. The van der Waals surface area contributed by atoms with Crippen LogP contribution < -0.4 is 5.32 Å². The lowest BCUT2D eigenvalue weighted by Gasteiger charge is -2.12. The Hall–Kier alpha value is -0.980. The van der Waals surface area contributed by atoms with E-state index in [2.05, 4.69) is 28.5 Å². The maximum atomic E-state index is 13.9. The molecule has 2 rings (SSSR count). The van der Waals surface area contributed by atoms with Gasteiger partial charge >= 0.3 is 0 Å². The quantitative estimate of drug-likeness (QED) is 0.913. The van der Waals surface area contributed by atoms with Gasteiger partial charge in [0, 0.05) is 12.6 Å². The van der Waals surface area contributed by atoms with Gasteiger partial charge in [-0.3, -0.25) is 0 Å². The maximum Gasteiger partial charge on any atom is 0.174 e. The smallest absolute Gasteiger partial charge is 0.174 e. The molecule has 0 aliphatic carbocycles. The van der Waals surface area contributed by atoms with Gasteiger partial charge < -0.3 is 5.32 Å². The van der Waals surface area contributed by atoms with Crippen LogP contribution in [-0.4, -0.2) is 15.4 Å². The van der Waals surface area contributed by atoms with E-state index in [9.17, 15) is 4.39 Å². The summed E-state index contributed by atoms with van der Waals surface area (Å²) < 4.78 is 18.6. The average molecular weight is 283 g/mol. The fourth-order valence-corrected chi connectivity index (χ4v) is 2.93. The minimum Gasteiger partial charge on any atom is -0.310 e. The highest BCUT2D eigenvalue weighted by atomic mass is 32.2. The molecule has 2 aromatic rings. The number of rotatable bonds is 5. The van der Waals surface area contributed by atoms with Crippen molar-refractivity contribution in [3.8, 4) is 0 Å². The highest BCUT2D eigenvalue weighted by Gasteiger charge is 2.12. The topological polar surface area (TPSA) is 37.8 Å². The Morgan fingerprint density at radius 2 is 2.28 bits per heavy atom. The zero-order valence-corrected chi connectivity index (χ0v) is 11.8. The first-order chi connectivity index (χ1) is 8.66. The van der Waals surface area contributed by atoms with E-state index in [0.29, 0.717) is 17.5 Å². The Labute approximate surface area is 114 Å². The van der Waals surface area contributed by atoms with Gasteiger partial charge in [0.2, 0.25) is 0 Å². The SMILES string of the molecule is CC(C)NCc1cccc(F)c1Sc1ncns1. The Kier molecular flexibility index (Phi) is 4.68. The zero-order chi connectivity index (χ0) is 13.0. The van der Waals surface area contributed by atoms with Crippen LogP contribution in [0.5, 0.6) is 0 Å². The third-order valence-electron chi connectivity index (χ3n) is 2.28. The van der Waals surface area contributed by atoms with E-state index < -0.39 is 0 Å². The zero-order valence-electron chi connectivity index (χ0n) is 10.2. The predicted octanol–water partition coefficient (Wildman–Crippen LogP) is 3.33. The van der Waals surface area contributed by atoms with Crippen LogP contribution in [0.3, 0.4) is 0 Å². The molecule has 0 aliphatic heterocycles. The molecule has 0 bridgehead atoms. The minimum atomic E-state index is -0.210. The van der Waals surface area contributed by atoms with Crippen molar-refractivity contribution in [2.24, 2.45) is 0 Å². The fourth-order valence-electron chi connectivity index (χ4n) is 1.42. The lowest BCUT2D eigenvalue weighted by molar-refractivity contribution is 0.564. The molecule has 0 radical (unpaired) electrons. The van der Waals surface area contributed by atoms with Gasteiger partial charge in [-0.15, -0.1) is 0 Å². The van der Waals surface area contributed by atoms with Crippen LogP contribution in [0.25, 0.3) is 0 Å². The summed E-state index contributed by atoms with van der Waals surface area (Å²) in [6.07, 6.45) is 1.49. The molecule has 1 heterocycles. The monoisotopic (exact) mass is 283 g/mol. The minimum absolute atomic E-state index is 0.210. The fraction of sp³-hybridized carbons (Fsp3) is 0.333. The predicted molar refractivity (Wildman–Crippen MR) is 72.4 cm³/mol. The molecule has 1 aromatic heterocycles. The molecule has 18 heavy (non-hydrogen) atoms. The summed E-state index contributed by atoms with van der Waals surface area (Å²) in [5.41, 5.74) is 0.948. The van der Waals surface area contributed by atoms with Crippen LogP contribution in [-0.2, 0) is 6.54 Å². The third kappa shape index (κ3) is 3.51. The van der Waals surface area contributed by atoms with E-state index in [1.807, 2.05) is 6.07 Å². The molecule has 3 nitrogen and oxygen atoms in total. The molecule has 6 heteroatoms. The Balaban J connectivity index is 2.21. The van der Waals surface area contributed by atoms with Crippen molar-refractivity contribution in [3.05, 3.63) is 35.9 Å². The molecule has 0 atom stereocenters. The third-order valence-corrected chi connectivity index (χ3v) is 4.16. The lowest BCUT2D eigenvalue weighted by Crippen LogP contribution is -2.22. The maximum absolute atomic E-state index is 13.9. The van der Waals surface area contributed by atoms with E-state index in [1.165, 1.54) is 35.7 Å². The number of hydrogen-bond acceptors (Lipinski definition) is 5. The number of aromatic nitrogens is 2. The summed E-state index contributed by atoms with van der Waals surface area (Å²) in [7, 11) is 0. The van der Waals surface area contributed by atoms with E-state index >= 15 is 0 Å². The van der Waals surface area contributed by atoms with Gasteiger partial charge in [0.25, 0.3) is 0 Å². The Morgan fingerprint density at radius 1 is 1.44 bits per heavy atom. The number of nitrogens with one attached hydrogen (secondary N) is 1. The van der Waals surface area contributed by atoms with Gasteiger partial charge in [-0.1, -0.05) is 37.7 Å². The number of halogens is 1. The van der Waals surface area contributed by atoms with Gasteiger partial charge in [-0.2, -0.15) is 4.37 Å². The van der Waals surface area contributed by atoms with Crippen LogP contribution in [0, 0.1) is 5.82 Å². The van der Waals surface area contributed by atoms with Gasteiger partial charge in [-0.25, -0.2) is 9.37 Å². The van der Waals surface area contributed by atoms with Crippen molar-refractivity contribution in [2.45, 2.75) is 35.7 Å². The largest absolute Gasteiger partial charge is 0.310 e. The van der Waals surface area contributed by atoms with E-state index in [0.717, 1.165) is 9.90 Å². The van der Waals surface area contributed by atoms with Gasteiger partial charge in [0.05, 0.1) is 4.90 Å². The molecule has 0 fully saturated rings. The molecule has 0 saturated heterocycles. The van der Waals surface area contributed by atoms with Crippen LogP contribution in [0.1, 0.15) is 19.4 Å². The molecule has 0 unspecified atom stereocenters. The number of nitrogens with zero attached hydrogens (tertiary/aromatic N) is 2. The van der Waals surface area contributed by atoms with Crippen LogP contribution in [0.2, 0.25) is 0 Å². The van der Waals surface area contributed by atoms with Crippen molar-refractivity contribution >= 4 is 23.3 Å². The first-order valence-electron chi connectivity index (χ1n) is 5.62. The standard InChI is InChI=1S/C12H14FN3S2/c1-8(2)14-6-9-4-3-5-10(13)11(9)17-12-15-7-16-18-12/h3-5,7-8,14H,6H2,1-2H3. The normalized spacial score (nSPS) is 11.1. The van der Waals surface area contributed by atoms with E-state index in [4.69, 9.17) is 0 Å². The molecular formula is C12H14FN3S2. The second-order valence-electron chi connectivity index (χ2n) is 4.07. The molecule has 0 saturated carbocycles. The van der Waals surface area contributed by atoms with Gasteiger partial charge in [0.1, 0.15) is 12.1 Å². The lowest BCUT2D eigenvalue weighted by atomic mass is 10.2. The van der Waals surface area contributed by atoms with E-state index in [1.54, 1.807) is 6.07 Å². The number of hydrogen-bond donors (Lipinski definition) is 1. The van der Waals surface area contributed by atoms with Crippen molar-refractivity contribution in [1.29, 1.82) is 0 Å². The summed E-state index contributed by atoms with van der Waals surface area (Å²) in [6.45, 7) is 4.78. The molecule has 1 aromatic carbocycles. The van der Waals surface area contributed by atoms with E-state index in [-0.39, 0.29) is 5.82 Å². The summed E-state index contributed by atoms with van der Waals surface area (Å²) >= 11 is 2.60. The highest BCUT2D eigenvalue weighted by molar-refractivity contribution is 8.01. The van der Waals surface area contributed by atoms with Crippen LogP contribution >= 0.6 is 23.3 Å². The van der Waals surface area contributed by atoms with Crippen LogP contribution in [0.4, 0.5) is 4.39 Å². The summed E-state index contributed by atoms with van der Waals surface area (Å²) in [6, 6.07) is 5.51. The average Bonchev–Trinajstić information content (AvgIpc) is 2.82. The van der Waals surface area contributed by atoms with Crippen LogP contribution in [0.15, 0.2) is 33.8 Å². The molecular weight excluding hydrogens is 269 g/mol. The van der Waals surface area contributed by atoms with Gasteiger partial charge in [0.15, 0.2) is 4.34 Å². The Bertz CT molecular complexity index is 500. The summed E-state index contributed by atoms with van der Waals surface area (Å²) in [4.78, 5) is 4.70. The molecule has 1 N–H and O–H groups in total. The van der Waals surface area contributed by atoms with Crippen molar-refractivity contribution < 1.29 is 4.39 Å². The van der Waals surface area contributed by atoms with Crippen molar-refractivity contribution in [3.63, 3.8) is 0 Å². The molecule has 0 aliphatic rings. The van der Waals surface area contributed by atoms with Gasteiger partial charge in [-0.05, 0) is 23.2 Å². The first-order valence-corrected chi connectivity index (χ1v) is 7.21. The summed E-state index contributed by atoms with van der Waals surface area (Å²) in [5, 5.41) is 3.30. The number of benzene rings is 1. The first kappa shape index (κ1) is 13.5. The Morgan fingerprint density at radius 3 is 2.94 bits per heavy atom. The molecule has 0 spiro atoms. The second-order valence-corrected chi connectivity index (χ2v) is 6.11. The summed E-state index contributed by atoms with van der Waals surface area (Å²) in [5.74, 6) is -0.210. The second kappa shape index (κ2) is 6.26.